The summed E-state index contributed by atoms with van der Waals surface area (Å²) in [4.78, 5) is 7.84. The Bertz CT molecular complexity index is 1150. The zero-order chi connectivity index (χ0) is 18.4. The van der Waals surface area contributed by atoms with Crippen molar-refractivity contribution in [2.45, 2.75) is 19.9 Å². The minimum absolute atomic E-state index is 0.0637. The minimum Gasteiger partial charge on any atom is -0.494 e. The molecule has 3 heterocycles. The van der Waals surface area contributed by atoms with Gasteiger partial charge in [-0.05, 0) is 18.6 Å². The molecule has 0 spiro atoms. The Morgan fingerprint density at radius 1 is 1.12 bits per heavy atom. The molecule has 26 heavy (non-hydrogen) atoms. The summed E-state index contributed by atoms with van der Waals surface area (Å²) in [6.45, 7) is 2.63. The van der Waals surface area contributed by atoms with Gasteiger partial charge in [0.2, 0.25) is 17.8 Å². The van der Waals surface area contributed by atoms with Gasteiger partial charge in [0.25, 0.3) is 0 Å². The lowest BCUT2D eigenvalue weighted by Crippen LogP contribution is -1.96. The molecule has 3 aromatic heterocycles. The Morgan fingerprint density at radius 3 is 2.65 bits per heavy atom. The van der Waals surface area contributed by atoms with Crippen molar-refractivity contribution in [1.29, 1.82) is 0 Å². The maximum atomic E-state index is 14.2. The number of nitrogens with zero attached hydrogens (tertiary/aromatic N) is 3. The molecule has 0 fully saturated rings. The van der Waals surface area contributed by atoms with E-state index in [9.17, 15) is 13.9 Å². The van der Waals surface area contributed by atoms with Crippen molar-refractivity contribution in [3.05, 3.63) is 48.4 Å². The summed E-state index contributed by atoms with van der Waals surface area (Å²) in [5.41, 5.74) is 8.25. The van der Waals surface area contributed by atoms with Crippen molar-refractivity contribution in [3.8, 4) is 17.0 Å². The molecule has 5 nitrogen and oxygen atoms in total. The number of benzene rings is 1. The summed E-state index contributed by atoms with van der Waals surface area (Å²) >= 11 is 0. The summed E-state index contributed by atoms with van der Waals surface area (Å²) in [6, 6.07) is 7.58. The van der Waals surface area contributed by atoms with Crippen LogP contribution >= 0.6 is 0 Å². The molecule has 0 aliphatic rings. The molecule has 7 heteroatoms. The molecule has 0 aliphatic heterocycles. The number of aryl methyl sites for hydroxylation is 1. The zero-order valence-corrected chi connectivity index (χ0v) is 14.0. The number of halogens is 2. The van der Waals surface area contributed by atoms with Gasteiger partial charge in [0.05, 0.1) is 22.1 Å². The van der Waals surface area contributed by atoms with Gasteiger partial charge in [-0.1, -0.05) is 25.1 Å². The molecule has 0 amide bonds. The van der Waals surface area contributed by atoms with E-state index in [1.165, 1.54) is 6.07 Å². The Hall–Kier alpha value is -3.22. The molecule has 0 unspecified atom stereocenters. The first kappa shape index (κ1) is 16.3. The lowest BCUT2D eigenvalue weighted by molar-refractivity contribution is 0.421. The molecule has 4 aromatic rings. The van der Waals surface area contributed by atoms with Gasteiger partial charge in [-0.15, -0.1) is 0 Å². The van der Waals surface area contributed by atoms with Gasteiger partial charge in [-0.3, -0.25) is 0 Å². The van der Waals surface area contributed by atoms with E-state index in [2.05, 4.69) is 9.97 Å². The summed E-state index contributed by atoms with van der Waals surface area (Å²) < 4.78 is 29.0. The summed E-state index contributed by atoms with van der Waals surface area (Å²) in [5, 5.41) is 11.5. The first-order valence-electron chi connectivity index (χ1n) is 8.23. The van der Waals surface area contributed by atoms with Gasteiger partial charge in [0.15, 0.2) is 0 Å². The highest BCUT2D eigenvalue weighted by atomic mass is 19.1. The van der Waals surface area contributed by atoms with Crippen LogP contribution in [0, 0.1) is 11.9 Å². The van der Waals surface area contributed by atoms with Crippen molar-refractivity contribution < 1.29 is 13.9 Å². The molecule has 3 N–H and O–H groups in total. The molecular weight excluding hydrogens is 338 g/mol. The number of hydrogen-bond acceptors (Lipinski definition) is 4. The number of aromatic hydroxyl groups is 1. The van der Waals surface area contributed by atoms with Crippen LogP contribution in [0.3, 0.4) is 0 Å². The van der Waals surface area contributed by atoms with Gasteiger partial charge in [-0.25, -0.2) is 4.98 Å². The monoisotopic (exact) mass is 354 g/mol. The third kappa shape index (κ3) is 2.35. The highest BCUT2D eigenvalue weighted by Crippen LogP contribution is 2.39. The fraction of sp³-hybridized carbons (Fsp3) is 0.158. The summed E-state index contributed by atoms with van der Waals surface area (Å²) in [7, 11) is 0. The highest BCUT2D eigenvalue weighted by Gasteiger charge is 2.18. The van der Waals surface area contributed by atoms with Crippen molar-refractivity contribution in [1.82, 2.24) is 14.5 Å². The third-order valence-corrected chi connectivity index (χ3v) is 4.43. The Labute approximate surface area is 147 Å². The van der Waals surface area contributed by atoms with Crippen LogP contribution in [0.1, 0.15) is 13.3 Å². The number of pyridine rings is 2. The van der Waals surface area contributed by atoms with Crippen molar-refractivity contribution in [2.75, 3.05) is 5.73 Å². The lowest BCUT2D eigenvalue weighted by atomic mass is 10.0. The quantitative estimate of drug-likeness (QED) is 0.540. The Balaban J connectivity index is 2.06. The van der Waals surface area contributed by atoms with Gasteiger partial charge in [0, 0.05) is 29.3 Å². The molecule has 0 bridgehead atoms. The van der Waals surface area contributed by atoms with Crippen LogP contribution in [0.4, 0.5) is 14.5 Å². The normalized spacial score (nSPS) is 11.5. The topological polar surface area (TPSA) is 77.0 Å². The lowest BCUT2D eigenvalue weighted by Gasteiger charge is -2.09. The Morgan fingerprint density at radius 2 is 1.92 bits per heavy atom. The molecule has 132 valence electrons. The van der Waals surface area contributed by atoms with Crippen LogP contribution < -0.4 is 5.73 Å². The van der Waals surface area contributed by atoms with Crippen LogP contribution in [0.15, 0.2) is 36.5 Å². The number of fused-ring (bicyclic) bond motifs is 2. The van der Waals surface area contributed by atoms with E-state index < -0.39 is 11.9 Å². The second kappa shape index (κ2) is 5.94. The Kier molecular flexibility index (Phi) is 3.72. The maximum Gasteiger partial charge on any atom is 0.223 e. The number of rotatable bonds is 3. The molecule has 0 saturated heterocycles. The van der Waals surface area contributed by atoms with Gasteiger partial charge in [-0.2, -0.15) is 13.8 Å². The standard InChI is InChI=1S/C19H16F2N4O/c1-2-8-25-9-13-15(19(25)26)16(22)12-5-3-4-10(17(12)23-13)11-6-7-14(20)24-18(11)21/h3-7,9,26H,2,8,22H2,1H3. The van der Waals surface area contributed by atoms with Crippen molar-refractivity contribution >= 4 is 27.5 Å². The minimum atomic E-state index is -0.913. The van der Waals surface area contributed by atoms with Gasteiger partial charge >= 0.3 is 0 Å². The summed E-state index contributed by atoms with van der Waals surface area (Å²) in [6.07, 6.45) is 2.56. The number of nitrogens with two attached hydrogens (primary N) is 1. The molecular formula is C19H16F2N4O. The van der Waals surface area contributed by atoms with E-state index in [-0.39, 0.29) is 11.4 Å². The molecule has 4 rings (SSSR count). The van der Waals surface area contributed by atoms with Gasteiger partial charge in [0.1, 0.15) is 0 Å². The predicted molar refractivity (Wildman–Crippen MR) is 96.8 cm³/mol. The number of anilines is 1. The van der Waals surface area contributed by atoms with Crippen LogP contribution in [0.2, 0.25) is 0 Å². The first-order chi connectivity index (χ1) is 12.5. The average molecular weight is 354 g/mol. The first-order valence-corrected chi connectivity index (χ1v) is 8.23. The van der Waals surface area contributed by atoms with Crippen molar-refractivity contribution in [3.63, 3.8) is 0 Å². The zero-order valence-electron chi connectivity index (χ0n) is 14.0. The van der Waals surface area contributed by atoms with Crippen LogP contribution in [-0.4, -0.2) is 19.6 Å². The number of para-hydroxylation sites is 1. The molecule has 0 radical (unpaired) electrons. The molecule has 0 saturated carbocycles. The number of hydrogen-bond donors (Lipinski definition) is 2. The maximum absolute atomic E-state index is 14.2. The smallest absolute Gasteiger partial charge is 0.223 e. The number of nitrogen functional groups attached to an aromatic ring is 1. The fourth-order valence-electron chi connectivity index (χ4n) is 3.25. The predicted octanol–water partition coefficient (Wildman–Crippen LogP) is 4.23. The fourth-order valence-corrected chi connectivity index (χ4v) is 3.25. The SMILES string of the molecule is CCCn1cc2nc3c(-c4ccc(F)nc4F)cccc3c(N)c2c1O. The second-order valence-corrected chi connectivity index (χ2v) is 6.11. The highest BCUT2D eigenvalue weighted by molar-refractivity contribution is 6.12. The van der Waals surface area contributed by atoms with Crippen molar-refractivity contribution in [2.24, 2.45) is 0 Å². The number of aromatic nitrogens is 3. The second-order valence-electron chi connectivity index (χ2n) is 6.11. The van der Waals surface area contributed by atoms with E-state index in [1.54, 1.807) is 29.0 Å². The van der Waals surface area contributed by atoms with Crippen LogP contribution in [0.25, 0.3) is 32.9 Å². The molecule has 0 atom stereocenters. The third-order valence-electron chi connectivity index (χ3n) is 4.43. The largest absolute Gasteiger partial charge is 0.494 e. The van der Waals surface area contributed by atoms with E-state index in [0.29, 0.717) is 39.6 Å². The van der Waals surface area contributed by atoms with E-state index in [1.807, 2.05) is 6.92 Å². The van der Waals surface area contributed by atoms with E-state index >= 15 is 0 Å². The van der Waals surface area contributed by atoms with Crippen LogP contribution in [-0.2, 0) is 6.54 Å². The summed E-state index contributed by atoms with van der Waals surface area (Å²) in [5.74, 6) is -1.74. The van der Waals surface area contributed by atoms with E-state index in [0.717, 1.165) is 12.5 Å². The van der Waals surface area contributed by atoms with Gasteiger partial charge < -0.3 is 15.4 Å². The van der Waals surface area contributed by atoms with E-state index in [4.69, 9.17) is 5.73 Å². The van der Waals surface area contributed by atoms with Crippen LogP contribution in [0.5, 0.6) is 5.88 Å². The molecule has 0 aliphatic carbocycles. The molecule has 1 aromatic carbocycles. The average Bonchev–Trinajstić information content (AvgIpc) is 2.91.